The van der Waals surface area contributed by atoms with E-state index in [2.05, 4.69) is 18.8 Å². The molecule has 0 atom stereocenters. The van der Waals surface area contributed by atoms with Gasteiger partial charge in [0.15, 0.2) is 0 Å². The Labute approximate surface area is 101 Å². The normalized spacial score (nSPS) is 11.2. The Morgan fingerprint density at radius 3 is 2.87 bits per heavy atom. The molecule has 0 unspecified atom stereocenters. The van der Waals surface area contributed by atoms with E-state index in [4.69, 9.17) is 16.3 Å². The SMILES string of the molecule is CC(C)OCCCCc1nc(CCl)cs1. The average molecular weight is 248 g/mol. The Bertz CT molecular complexity index is 275. The summed E-state index contributed by atoms with van der Waals surface area (Å²) in [5, 5.41) is 3.22. The van der Waals surface area contributed by atoms with E-state index in [1.807, 2.05) is 5.38 Å². The van der Waals surface area contributed by atoms with E-state index >= 15 is 0 Å². The summed E-state index contributed by atoms with van der Waals surface area (Å²) in [4.78, 5) is 4.41. The van der Waals surface area contributed by atoms with Crippen LogP contribution in [0.1, 0.15) is 37.4 Å². The topological polar surface area (TPSA) is 22.1 Å². The predicted molar refractivity (Wildman–Crippen MR) is 65.7 cm³/mol. The van der Waals surface area contributed by atoms with Crippen LogP contribution in [0.15, 0.2) is 5.38 Å². The molecule has 1 aromatic rings. The van der Waals surface area contributed by atoms with E-state index in [1.54, 1.807) is 11.3 Å². The molecule has 0 aliphatic heterocycles. The number of hydrogen-bond donors (Lipinski definition) is 0. The summed E-state index contributed by atoms with van der Waals surface area (Å²) in [5.74, 6) is 0.521. The van der Waals surface area contributed by atoms with Crippen molar-refractivity contribution < 1.29 is 4.74 Å². The second kappa shape index (κ2) is 7.20. The highest BCUT2D eigenvalue weighted by Crippen LogP contribution is 2.14. The van der Waals surface area contributed by atoms with Gasteiger partial charge in [-0.3, -0.25) is 0 Å². The molecule has 0 amide bonds. The molecule has 0 aliphatic rings. The molecule has 0 spiro atoms. The third-order valence-electron chi connectivity index (χ3n) is 1.97. The van der Waals surface area contributed by atoms with Crippen molar-refractivity contribution >= 4 is 22.9 Å². The molecular formula is C11H18ClNOS. The fourth-order valence-corrected chi connectivity index (χ4v) is 2.29. The van der Waals surface area contributed by atoms with Gasteiger partial charge in [-0.15, -0.1) is 22.9 Å². The minimum atomic E-state index is 0.340. The van der Waals surface area contributed by atoms with Crippen LogP contribution in [0.3, 0.4) is 0 Å². The van der Waals surface area contributed by atoms with Crippen LogP contribution in [0, 0.1) is 0 Å². The fourth-order valence-electron chi connectivity index (χ4n) is 1.22. The number of alkyl halides is 1. The summed E-state index contributed by atoms with van der Waals surface area (Å²) in [5.41, 5.74) is 0.995. The second-order valence-electron chi connectivity index (χ2n) is 3.74. The van der Waals surface area contributed by atoms with E-state index in [9.17, 15) is 0 Å². The number of nitrogens with zero attached hydrogens (tertiary/aromatic N) is 1. The Balaban J connectivity index is 2.09. The van der Waals surface area contributed by atoms with Gasteiger partial charge in [-0.2, -0.15) is 0 Å². The first kappa shape index (κ1) is 12.9. The monoisotopic (exact) mass is 247 g/mol. The van der Waals surface area contributed by atoms with Crippen molar-refractivity contribution in [2.45, 2.75) is 45.1 Å². The molecule has 0 radical (unpaired) electrons. The zero-order valence-corrected chi connectivity index (χ0v) is 10.9. The Hall–Kier alpha value is -0.120. The van der Waals surface area contributed by atoms with Gasteiger partial charge in [-0.25, -0.2) is 4.98 Å². The van der Waals surface area contributed by atoms with E-state index in [0.29, 0.717) is 12.0 Å². The number of thiazole rings is 1. The van der Waals surface area contributed by atoms with Crippen molar-refractivity contribution in [3.05, 3.63) is 16.1 Å². The van der Waals surface area contributed by atoms with Crippen molar-refractivity contribution in [1.29, 1.82) is 0 Å². The molecule has 15 heavy (non-hydrogen) atoms. The largest absolute Gasteiger partial charge is 0.379 e. The standard InChI is InChI=1S/C11H18ClNOS/c1-9(2)14-6-4-3-5-11-13-10(7-12)8-15-11/h8-9H,3-7H2,1-2H3. The predicted octanol–water partition coefficient (Wildman–Crippen LogP) is 3.63. The first-order valence-corrected chi connectivity index (χ1v) is 6.74. The minimum Gasteiger partial charge on any atom is -0.379 e. The maximum atomic E-state index is 5.68. The molecule has 1 aromatic heterocycles. The quantitative estimate of drug-likeness (QED) is 0.542. The van der Waals surface area contributed by atoms with Crippen LogP contribution in [0.5, 0.6) is 0 Å². The van der Waals surface area contributed by atoms with Gasteiger partial charge in [0.1, 0.15) is 0 Å². The third-order valence-corrected chi connectivity index (χ3v) is 3.20. The van der Waals surface area contributed by atoms with Crippen molar-refractivity contribution in [3.8, 4) is 0 Å². The number of ether oxygens (including phenoxy) is 1. The summed E-state index contributed by atoms with van der Waals surface area (Å²) in [6.45, 7) is 4.98. The Morgan fingerprint density at radius 1 is 1.47 bits per heavy atom. The van der Waals surface area contributed by atoms with E-state index in [1.165, 1.54) is 5.01 Å². The molecule has 0 aromatic carbocycles. The summed E-state index contributed by atoms with van der Waals surface area (Å²) < 4.78 is 5.47. The molecule has 0 fully saturated rings. The van der Waals surface area contributed by atoms with Crippen molar-refractivity contribution in [1.82, 2.24) is 4.98 Å². The van der Waals surface area contributed by atoms with Crippen LogP contribution in [0.25, 0.3) is 0 Å². The first-order chi connectivity index (χ1) is 7.22. The smallest absolute Gasteiger partial charge is 0.0928 e. The Kier molecular flexibility index (Phi) is 6.22. The van der Waals surface area contributed by atoms with Gasteiger partial charge in [0.25, 0.3) is 0 Å². The molecule has 4 heteroatoms. The molecular weight excluding hydrogens is 230 g/mol. The van der Waals surface area contributed by atoms with Crippen molar-refractivity contribution in [2.24, 2.45) is 0 Å². The zero-order valence-electron chi connectivity index (χ0n) is 9.33. The van der Waals surface area contributed by atoms with Crippen LogP contribution in [0.4, 0.5) is 0 Å². The van der Waals surface area contributed by atoms with E-state index < -0.39 is 0 Å². The third kappa shape index (κ3) is 5.50. The maximum Gasteiger partial charge on any atom is 0.0928 e. The molecule has 0 bridgehead atoms. The average Bonchev–Trinajstić information content (AvgIpc) is 2.65. The van der Waals surface area contributed by atoms with Crippen LogP contribution >= 0.6 is 22.9 Å². The summed E-state index contributed by atoms with van der Waals surface area (Å²) >= 11 is 7.39. The summed E-state index contributed by atoms with van der Waals surface area (Å²) in [6.07, 6.45) is 3.63. The molecule has 0 N–H and O–H groups in total. The highest BCUT2D eigenvalue weighted by molar-refractivity contribution is 7.09. The van der Waals surface area contributed by atoms with Crippen LogP contribution in [0.2, 0.25) is 0 Å². The van der Waals surface area contributed by atoms with E-state index in [0.717, 1.165) is 31.6 Å². The molecule has 1 heterocycles. The van der Waals surface area contributed by atoms with Crippen molar-refractivity contribution in [2.75, 3.05) is 6.61 Å². The maximum absolute atomic E-state index is 5.68. The van der Waals surface area contributed by atoms with E-state index in [-0.39, 0.29) is 0 Å². The molecule has 86 valence electrons. The first-order valence-electron chi connectivity index (χ1n) is 5.33. The van der Waals surface area contributed by atoms with Gasteiger partial charge in [0.05, 0.1) is 22.7 Å². The zero-order chi connectivity index (χ0) is 11.1. The fraction of sp³-hybridized carbons (Fsp3) is 0.727. The van der Waals surface area contributed by atoms with Crippen LogP contribution < -0.4 is 0 Å². The lowest BCUT2D eigenvalue weighted by atomic mass is 10.2. The highest BCUT2D eigenvalue weighted by Gasteiger charge is 2.01. The number of unbranched alkanes of at least 4 members (excludes halogenated alkanes) is 1. The highest BCUT2D eigenvalue weighted by atomic mass is 35.5. The van der Waals surface area contributed by atoms with Crippen LogP contribution in [-0.4, -0.2) is 17.7 Å². The summed E-state index contributed by atoms with van der Waals surface area (Å²) in [6, 6.07) is 0. The number of halogens is 1. The lowest BCUT2D eigenvalue weighted by Gasteiger charge is -2.05. The lowest BCUT2D eigenvalue weighted by Crippen LogP contribution is -2.03. The summed E-state index contributed by atoms with van der Waals surface area (Å²) in [7, 11) is 0. The van der Waals surface area contributed by atoms with Gasteiger partial charge in [0.2, 0.25) is 0 Å². The molecule has 2 nitrogen and oxygen atoms in total. The minimum absolute atomic E-state index is 0.340. The number of aryl methyl sites for hydroxylation is 1. The van der Waals surface area contributed by atoms with Crippen LogP contribution in [-0.2, 0) is 17.0 Å². The van der Waals surface area contributed by atoms with Crippen molar-refractivity contribution in [3.63, 3.8) is 0 Å². The number of rotatable bonds is 7. The molecule has 0 aliphatic carbocycles. The number of aromatic nitrogens is 1. The van der Waals surface area contributed by atoms with Gasteiger partial charge in [-0.1, -0.05) is 0 Å². The molecule has 0 saturated heterocycles. The molecule has 0 saturated carbocycles. The van der Waals surface area contributed by atoms with Gasteiger partial charge >= 0.3 is 0 Å². The molecule has 1 rings (SSSR count). The number of hydrogen-bond acceptors (Lipinski definition) is 3. The second-order valence-corrected chi connectivity index (χ2v) is 4.95. The van der Waals surface area contributed by atoms with Gasteiger partial charge in [-0.05, 0) is 33.1 Å². The Morgan fingerprint density at radius 2 is 2.27 bits per heavy atom. The lowest BCUT2D eigenvalue weighted by molar-refractivity contribution is 0.0761. The van der Waals surface area contributed by atoms with Gasteiger partial charge < -0.3 is 4.74 Å². The van der Waals surface area contributed by atoms with Gasteiger partial charge in [0, 0.05) is 12.0 Å².